The van der Waals surface area contributed by atoms with E-state index < -0.39 is 0 Å². The quantitative estimate of drug-likeness (QED) is 0.894. The number of benzene rings is 1. The third-order valence-electron chi connectivity index (χ3n) is 3.10. The number of carbonyl (C=O) groups excluding carboxylic acids is 1. The first-order chi connectivity index (χ1) is 8.70. The molecule has 2 N–H and O–H groups in total. The first kappa shape index (κ1) is 11.2. The molecule has 1 aliphatic heterocycles. The molecule has 0 radical (unpaired) electrons. The smallest absolute Gasteiger partial charge is 0.188 e. The van der Waals surface area contributed by atoms with E-state index in [0.29, 0.717) is 17.9 Å². The van der Waals surface area contributed by atoms with E-state index in [2.05, 4.69) is 4.98 Å². The minimum atomic E-state index is 0.0633. The molecule has 18 heavy (non-hydrogen) atoms. The molecule has 5 heteroatoms. The van der Waals surface area contributed by atoms with Crippen LogP contribution in [0.25, 0.3) is 15.8 Å². The summed E-state index contributed by atoms with van der Waals surface area (Å²) in [6, 6.07) is 7.86. The second-order valence-electron chi connectivity index (χ2n) is 4.18. The molecule has 0 amide bonds. The summed E-state index contributed by atoms with van der Waals surface area (Å²) in [5, 5.41) is 0.731. The van der Waals surface area contributed by atoms with Crippen LogP contribution in [0.15, 0.2) is 30.1 Å². The molecular weight excluding hydrogens is 246 g/mol. The van der Waals surface area contributed by atoms with Gasteiger partial charge in [-0.25, -0.2) is 4.98 Å². The number of carbonyl (C=O) groups is 1. The summed E-state index contributed by atoms with van der Waals surface area (Å²) in [6.45, 7) is 3.10. The van der Waals surface area contributed by atoms with Gasteiger partial charge in [-0.3, -0.25) is 4.79 Å². The third kappa shape index (κ3) is 1.59. The van der Waals surface area contributed by atoms with Gasteiger partial charge in [0.25, 0.3) is 0 Å². The monoisotopic (exact) mass is 259 g/mol. The van der Waals surface area contributed by atoms with Crippen molar-refractivity contribution in [2.24, 2.45) is 5.73 Å². The van der Waals surface area contributed by atoms with Crippen LogP contribution in [0, 0.1) is 0 Å². The highest BCUT2D eigenvalue weighted by Crippen LogP contribution is 2.31. The van der Waals surface area contributed by atoms with Crippen molar-refractivity contribution >= 4 is 32.9 Å². The highest BCUT2D eigenvalue weighted by Gasteiger charge is 2.30. The fraction of sp³-hybridized carbons (Fsp3) is 0.231. The van der Waals surface area contributed by atoms with Crippen LogP contribution in [0.4, 0.5) is 0 Å². The summed E-state index contributed by atoms with van der Waals surface area (Å²) in [5.41, 5.74) is 7.53. The lowest BCUT2D eigenvalue weighted by atomic mass is 10.2. The maximum absolute atomic E-state index is 12.0. The van der Waals surface area contributed by atoms with Gasteiger partial charge in [0.05, 0.1) is 22.3 Å². The van der Waals surface area contributed by atoms with Crippen molar-refractivity contribution in [3.05, 3.63) is 35.1 Å². The molecule has 92 valence electrons. The van der Waals surface area contributed by atoms with E-state index in [1.165, 1.54) is 11.3 Å². The maximum Gasteiger partial charge on any atom is 0.188 e. The van der Waals surface area contributed by atoms with Crippen molar-refractivity contribution in [2.45, 2.75) is 6.92 Å². The standard InChI is InChI=1S/C13H13N3OS/c1-2-16-7-9(17)11(12(16)14)13-15-8-5-3-4-6-10(8)18-13/h3-6H,2,7,14H2,1H3. The Labute approximate surface area is 109 Å². The van der Waals surface area contributed by atoms with Crippen molar-refractivity contribution in [1.82, 2.24) is 9.88 Å². The molecule has 0 fully saturated rings. The van der Waals surface area contributed by atoms with Crippen molar-refractivity contribution < 1.29 is 4.79 Å². The lowest BCUT2D eigenvalue weighted by Crippen LogP contribution is -2.25. The number of ketones is 1. The van der Waals surface area contributed by atoms with Crippen molar-refractivity contribution in [1.29, 1.82) is 0 Å². The van der Waals surface area contributed by atoms with E-state index in [-0.39, 0.29) is 5.78 Å². The Morgan fingerprint density at radius 1 is 1.44 bits per heavy atom. The van der Waals surface area contributed by atoms with Crippen LogP contribution < -0.4 is 5.73 Å². The molecule has 0 spiro atoms. The van der Waals surface area contributed by atoms with Gasteiger partial charge in [-0.05, 0) is 19.1 Å². The van der Waals surface area contributed by atoms with Gasteiger partial charge in [-0.2, -0.15) is 0 Å². The fourth-order valence-corrected chi connectivity index (χ4v) is 3.17. The van der Waals surface area contributed by atoms with Crippen LogP contribution in [0.1, 0.15) is 11.9 Å². The predicted octanol–water partition coefficient (Wildman–Crippen LogP) is 1.83. The van der Waals surface area contributed by atoms with Crippen molar-refractivity contribution in [2.75, 3.05) is 13.1 Å². The summed E-state index contributed by atoms with van der Waals surface area (Å²) in [7, 11) is 0. The summed E-state index contributed by atoms with van der Waals surface area (Å²) in [4.78, 5) is 18.4. The molecule has 4 nitrogen and oxygen atoms in total. The molecule has 1 aromatic carbocycles. The molecular formula is C13H13N3OS. The second kappa shape index (κ2) is 4.10. The number of fused-ring (bicyclic) bond motifs is 1. The Hall–Kier alpha value is -1.88. The Morgan fingerprint density at radius 2 is 2.22 bits per heavy atom. The first-order valence-corrected chi connectivity index (χ1v) is 6.66. The minimum Gasteiger partial charge on any atom is -0.385 e. The molecule has 0 saturated heterocycles. The van der Waals surface area contributed by atoms with Gasteiger partial charge in [0, 0.05) is 6.54 Å². The number of nitrogens with two attached hydrogens (primary N) is 1. The number of likely N-dealkylation sites (N-methyl/N-ethyl adjacent to an activating group) is 1. The summed E-state index contributed by atoms with van der Waals surface area (Å²) in [5.74, 6) is 0.620. The Bertz CT molecular complexity index is 626. The molecule has 1 aliphatic rings. The van der Waals surface area contributed by atoms with Crippen LogP contribution in [0.5, 0.6) is 0 Å². The number of Topliss-reactive ketones (excluding diaryl/α,β-unsaturated/α-hetero) is 1. The Balaban J connectivity index is 2.14. The third-order valence-corrected chi connectivity index (χ3v) is 4.15. The van der Waals surface area contributed by atoms with Crippen molar-refractivity contribution in [3.63, 3.8) is 0 Å². The number of thiazole rings is 1. The van der Waals surface area contributed by atoms with Crippen LogP contribution in [-0.4, -0.2) is 28.8 Å². The zero-order chi connectivity index (χ0) is 12.7. The predicted molar refractivity (Wildman–Crippen MR) is 73.0 cm³/mol. The zero-order valence-electron chi connectivity index (χ0n) is 10.0. The molecule has 0 saturated carbocycles. The number of aromatic nitrogens is 1. The minimum absolute atomic E-state index is 0.0633. The van der Waals surface area contributed by atoms with Gasteiger partial charge < -0.3 is 10.6 Å². The average Bonchev–Trinajstić information content (AvgIpc) is 2.89. The largest absolute Gasteiger partial charge is 0.385 e. The molecule has 0 unspecified atom stereocenters. The van der Waals surface area contributed by atoms with E-state index in [1.807, 2.05) is 36.1 Å². The highest BCUT2D eigenvalue weighted by molar-refractivity contribution is 7.19. The normalized spacial score (nSPS) is 16.1. The number of nitrogens with zero attached hydrogens (tertiary/aromatic N) is 2. The maximum atomic E-state index is 12.0. The number of para-hydroxylation sites is 1. The van der Waals surface area contributed by atoms with E-state index in [1.54, 1.807) is 0 Å². The Morgan fingerprint density at radius 3 is 2.89 bits per heavy atom. The fourth-order valence-electron chi connectivity index (χ4n) is 2.13. The summed E-state index contributed by atoms with van der Waals surface area (Å²) >= 11 is 1.52. The molecule has 2 heterocycles. The molecule has 1 aromatic heterocycles. The van der Waals surface area contributed by atoms with E-state index in [4.69, 9.17) is 5.73 Å². The van der Waals surface area contributed by atoms with Gasteiger partial charge in [0.1, 0.15) is 10.8 Å². The van der Waals surface area contributed by atoms with Crippen molar-refractivity contribution in [3.8, 4) is 0 Å². The van der Waals surface area contributed by atoms with Gasteiger partial charge in [-0.15, -0.1) is 11.3 Å². The molecule has 3 rings (SSSR count). The van der Waals surface area contributed by atoms with Crippen LogP contribution in [0.2, 0.25) is 0 Å². The topological polar surface area (TPSA) is 59.2 Å². The lowest BCUT2D eigenvalue weighted by molar-refractivity contribution is -0.113. The molecule has 0 bridgehead atoms. The SMILES string of the molecule is CCN1CC(=O)C(c2nc3ccccc3s2)=C1N. The average molecular weight is 259 g/mol. The molecule has 2 aromatic rings. The van der Waals surface area contributed by atoms with Gasteiger partial charge in [0.15, 0.2) is 5.78 Å². The van der Waals surface area contributed by atoms with Crippen LogP contribution in [0.3, 0.4) is 0 Å². The number of rotatable bonds is 2. The number of hydrogen-bond acceptors (Lipinski definition) is 5. The first-order valence-electron chi connectivity index (χ1n) is 5.84. The summed E-state index contributed by atoms with van der Waals surface area (Å²) < 4.78 is 1.08. The number of hydrogen-bond donors (Lipinski definition) is 1. The lowest BCUT2D eigenvalue weighted by Gasteiger charge is -2.14. The zero-order valence-corrected chi connectivity index (χ0v) is 10.8. The van der Waals surface area contributed by atoms with Crippen LogP contribution in [-0.2, 0) is 4.79 Å². The van der Waals surface area contributed by atoms with Gasteiger partial charge in [-0.1, -0.05) is 12.1 Å². The second-order valence-corrected chi connectivity index (χ2v) is 5.21. The molecule has 0 aliphatic carbocycles. The van der Waals surface area contributed by atoms with E-state index in [0.717, 1.165) is 21.8 Å². The van der Waals surface area contributed by atoms with E-state index in [9.17, 15) is 4.79 Å². The van der Waals surface area contributed by atoms with Gasteiger partial charge in [0.2, 0.25) is 0 Å². The molecule has 0 atom stereocenters. The van der Waals surface area contributed by atoms with Gasteiger partial charge >= 0.3 is 0 Å². The Kier molecular flexibility index (Phi) is 2.56. The van der Waals surface area contributed by atoms with E-state index >= 15 is 0 Å². The highest BCUT2D eigenvalue weighted by atomic mass is 32.1. The summed E-state index contributed by atoms with van der Waals surface area (Å²) in [6.07, 6.45) is 0. The van der Waals surface area contributed by atoms with Crippen LogP contribution >= 0.6 is 11.3 Å².